The highest BCUT2D eigenvalue weighted by Crippen LogP contribution is 2.27. The van der Waals surface area contributed by atoms with Crippen LogP contribution in [0, 0.1) is 5.92 Å². The molecule has 2 rings (SSSR count). The van der Waals surface area contributed by atoms with Gasteiger partial charge < -0.3 is 11.2 Å². The topological polar surface area (TPSA) is 85.8 Å². The number of halogens is 1. The zero-order valence-corrected chi connectivity index (χ0v) is 15.5. The molecule has 0 bridgehead atoms. The van der Waals surface area contributed by atoms with Gasteiger partial charge in [-0.1, -0.05) is 53.7 Å². The van der Waals surface area contributed by atoms with E-state index in [4.69, 9.17) is 5.84 Å². The first-order chi connectivity index (χ1) is 11.0. The molecule has 0 fully saturated rings. The zero-order valence-electron chi connectivity index (χ0n) is 13.1. The van der Waals surface area contributed by atoms with Crippen molar-refractivity contribution in [3.63, 3.8) is 0 Å². The van der Waals surface area contributed by atoms with Gasteiger partial charge in [0.1, 0.15) is 0 Å². The third-order valence-corrected chi connectivity index (χ3v) is 4.79. The second-order valence-corrected chi connectivity index (χ2v) is 7.27. The summed E-state index contributed by atoms with van der Waals surface area (Å²) in [4.78, 5) is 11.8. The second kappa shape index (κ2) is 8.35. The Balaban J connectivity index is 1.95. The van der Waals surface area contributed by atoms with Gasteiger partial charge in [0.15, 0.2) is 5.82 Å². The van der Waals surface area contributed by atoms with E-state index in [-0.39, 0.29) is 11.7 Å². The maximum atomic E-state index is 11.8. The van der Waals surface area contributed by atoms with E-state index in [9.17, 15) is 4.79 Å². The number of thioether (sulfide) groups is 1. The fraction of sp³-hybridized carbons (Fsp3) is 0.400. The maximum absolute atomic E-state index is 11.8. The lowest BCUT2D eigenvalue weighted by molar-refractivity contribution is -0.118. The molecule has 0 saturated heterocycles. The lowest BCUT2D eigenvalue weighted by atomic mass is 10.1. The van der Waals surface area contributed by atoms with Crippen LogP contribution in [0.25, 0.3) is 11.4 Å². The minimum atomic E-state index is -0.0268. The average Bonchev–Trinajstić information content (AvgIpc) is 2.86. The molecule has 1 heterocycles. The van der Waals surface area contributed by atoms with Crippen LogP contribution >= 0.6 is 27.7 Å². The molecule has 0 aliphatic heterocycles. The van der Waals surface area contributed by atoms with Crippen LogP contribution in [0.15, 0.2) is 33.9 Å². The summed E-state index contributed by atoms with van der Waals surface area (Å²) < 4.78 is 2.30. The van der Waals surface area contributed by atoms with Crippen molar-refractivity contribution in [2.45, 2.75) is 25.4 Å². The Morgan fingerprint density at radius 3 is 2.83 bits per heavy atom. The number of amides is 1. The van der Waals surface area contributed by atoms with Crippen molar-refractivity contribution in [2.75, 3.05) is 18.1 Å². The van der Waals surface area contributed by atoms with Crippen LogP contribution in [0.3, 0.4) is 0 Å². The number of nitrogen functional groups attached to an aromatic ring is 1. The van der Waals surface area contributed by atoms with Crippen molar-refractivity contribution in [2.24, 2.45) is 5.92 Å². The van der Waals surface area contributed by atoms with Gasteiger partial charge in [-0.15, -0.1) is 10.2 Å². The summed E-state index contributed by atoms with van der Waals surface area (Å²) in [5, 5.41) is 11.6. The lowest BCUT2D eigenvalue weighted by Crippen LogP contribution is -2.27. The first kappa shape index (κ1) is 17.8. The molecular formula is C15H20BrN5OS. The number of nitrogens with one attached hydrogen (secondary N) is 1. The number of hydrogen-bond acceptors (Lipinski definition) is 5. The van der Waals surface area contributed by atoms with Gasteiger partial charge in [-0.2, -0.15) is 0 Å². The number of benzene rings is 1. The molecule has 0 atom stereocenters. The van der Waals surface area contributed by atoms with Crippen molar-refractivity contribution < 1.29 is 4.79 Å². The van der Waals surface area contributed by atoms with E-state index in [1.807, 2.05) is 24.3 Å². The van der Waals surface area contributed by atoms with Crippen LogP contribution in [0.4, 0.5) is 0 Å². The molecule has 0 spiro atoms. The van der Waals surface area contributed by atoms with Crippen LogP contribution in [0.2, 0.25) is 0 Å². The summed E-state index contributed by atoms with van der Waals surface area (Å²) in [7, 11) is 0. The molecule has 0 aliphatic carbocycles. The molecule has 6 nitrogen and oxygen atoms in total. The third-order valence-electron chi connectivity index (χ3n) is 3.16. The molecule has 23 heavy (non-hydrogen) atoms. The second-order valence-electron chi connectivity index (χ2n) is 5.48. The van der Waals surface area contributed by atoms with E-state index in [2.05, 4.69) is 45.3 Å². The standard InChI is InChI=1S/C15H20BrN5OS/c1-10(2)7-8-18-13(22)9-23-15-20-19-14(21(15)17)11-5-3-4-6-12(11)16/h3-6,10H,7-9,17H2,1-2H3,(H,18,22). The Bertz CT molecular complexity index is 674. The van der Waals surface area contributed by atoms with Crippen molar-refractivity contribution in [3.8, 4) is 11.4 Å². The van der Waals surface area contributed by atoms with Crippen molar-refractivity contribution in [1.82, 2.24) is 20.2 Å². The number of hydrogen-bond donors (Lipinski definition) is 2. The highest BCUT2D eigenvalue weighted by atomic mass is 79.9. The normalized spacial score (nSPS) is 11.0. The first-order valence-electron chi connectivity index (χ1n) is 7.34. The van der Waals surface area contributed by atoms with Crippen LogP contribution in [-0.4, -0.2) is 33.1 Å². The Kier molecular flexibility index (Phi) is 6.47. The van der Waals surface area contributed by atoms with E-state index in [1.54, 1.807) is 0 Å². The van der Waals surface area contributed by atoms with E-state index >= 15 is 0 Å². The molecule has 2 aromatic rings. The first-order valence-corrected chi connectivity index (χ1v) is 9.11. The summed E-state index contributed by atoms with van der Waals surface area (Å²) in [5.41, 5.74) is 0.857. The van der Waals surface area contributed by atoms with Gasteiger partial charge >= 0.3 is 0 Å². The molecule has 1 aromatic heterocycles. The number of nitrogens with zero attached hydrogens (tertiary/aromatic N) is 3. The molecule has 1 amide bonds. The Hall–Kier alpha value is -1.54. The number of rotatable bonds is 7. The van der Waals surface area contributed by atoms with Gasteiger partial charge in [0, 0.05) is 16.6 Å². The molecule has 8 heteroatoms. The summed E-state index contributed by atoms with van der Waals surface area (Å²) in [6.07, 6.45) is 0.968. The SMILES string of the molecule is CC(C)CCNC(=O)CSc1nnc(-c2ccccc2Br)n1N. The third kappa shape index (κ3) is 4.97. The van der Waals surface area contributed by atoms with Crippen molar-refractivity contribution >= 4 is 33.6 Å². The molecule has 0 radical (unpaired) electrons. The van der Waals surface area contributed by atoms with Gasteiger partial charge in [0.05, 0.1) is 5.75 Å². The van der Waals surface area contributed by atoms with Gasteiger partial charge in [0.2, 0.25) is 11.1 Å². The van der Waals surface area contributed by atoms with Crippen LogP contribution < -0.4 is 11.2 Å². The predicted octanol–water partition coefficient (Wildman–Crippen LogP) is 2.68. The van der Waals surface area contributed by atoms with Crippen molar-refractivity contribution in [1.29, 1.82) is 0 Å². The lowest BCUT2D eigenvalue weighted by Gasteiger charge is -2.07. The number of carbonyl (C=O) groups excluding carboxylic acids is 1. The number of carbonyl (C=O) groups is 1. The predicted molar refractivity (Wildman–Crippen MR) is 96.5 cm³/mol. The highest BCUT2D eigenvalue weighted by molar-refractivity contribution is 9.10. The smallest absolute Gasteiger partial charge is 0.230 e. The average molecular weight is 398 g/mol. The van der Waals surface area contributed by atoms with Crippen molar-refractivity contribution in [3.05, 3.63) is 28.7 Å². The van der Waals surface area contributed by atoms with Crippen LogP contribution in [0.5, 0.6) is 0 Å². The molecular weight excluding hydrogens is 378 g/mol. The van der Waals surface area contributed by atoms with E-state index in [1.165, 1.54) is 16.4 Å². The zero-order chi connectivity index (χ0) is 16.8. The monoisotopic (exact) mass is 397 g/mol. The molecule has 3 N–H and O–H groups in total. The largest absolute Gasteiger partial charge is 0.355 e. The van der Waals surface area contributed by atoms with Gasteiger partial charge in [0.25, 0.3) is 0 Å². The molecule has 1 aromatic carbocycles. The fourth-order valence-corrected chi connectivity index (χ4v) is 3.03. The van der Waals surface area contributed by atoms with Crippen LogP contribution in [0.1, 0.15) is 20.3 Å². The minimum absolute atomic E-state index is 0.0268. The summed E-state index contributed by atoms with van der Waals surface area (Å²) in [6.45, 7) is 4.94. The Morgan fingerprint density at radius 1 is 1.39 bits per heavy atom. The summed E-state index contributed by atoms with van der Waals surface area (Å²) >= 11 is 4.74. The Morgan fingerprint density at radius 2 is 2.13 bits per heavy atom. The van der Waals surface area contributed by atoms with E-state index < -0.39 is 0 Å². The number of aromatic nitrogens is 3. The van der Waals surface area contributed by atoms with Gasteiger partial charge in [-0.05, 0) is 24.5 Å². The number of nitrogens with two attached hydrogens (primary N) is 1. The van der Waals surface area contributed by atoms with Gasteiger partial charge in [-0.3, -0.25) is 4.79 Å². The van der Waals surface area contributed by atoms with E-state index in [0.717, 1.165) is 16.5 Å². The minimum Gasteiger partial charge on any atom is -0.355 e. The molecule has 124 valence electrons. The van der Waals surface area contributed by atoms with E-state index in [0.29, 0.717) is 23.4 Å². The quantitative estimate of drug-likeness (QED) is 0.553. The Labute approximate surface area is 148 Å². The highest BCUT2D eigenvalue weighted by Gasteiger charge is 2.15. The van der Waals surface area contributed by atoms with Crippen LogP contribution in [-0.2, 0) is 4.79 Å². The fourth-order valence-electron chi connectivity index (χ4n) is 1.88. The molecule has 0 aliphatic rings. The summed E-state index contributed by atoms with van der Waals surface area (Å²) in [5.74, 6) is 7.42. The summed E-state index contributed by atoms with van der Waals surface area (Å²) in [6, 6.07) is 7.65. The molecule has 0 unspecified atom stereocenters. The molecule has 0 saturated carbocycles. The maximum Gasteiger partial charge on any atom is 0.230 e. The van der Waals surface area contributed by atoms with Gasteiger partial charge in [-0.25, -0.2) is 4.68 Å².